The lowest BCUT2D eigenvalue weighted by molar-refractivity contribution is 0.284. The molecular formula is C14H23NO. The molecule has 1 aromatic rings. The zero-order valence-electron chi connectivity index (χ0n) is 10.6. The van der Waals surface area contributed by atoms with Gasteiger partial charge < -0.3 is 10.0 Å². The zero-order valence-corrected chi connectivity index (χ0v) is 10.6. The monoisotopic (exact) mass is 221 g/mol. The van der Waals surface area contributed by atoms with E-state index in [0.29, 0.717) is 12.6 Å². The average molecular weight is 221 g/mol. The molecule has 0 aliphatic carbocycles. The quantitative estimate of drug-likeness (QED) is 0.746. The lowest BCUT2D eigenvalue weighted by Crippen LogP contribution is -2.31. The molecule has 0 unspecified atom stereocenters. The third kappa shape index (κ3) is 3.86. The molecule has 0 bridgehead atoms. The van der Waals surface area contributed by atoms with E-state index in [9.17, 15) is 0 Å². The Morgan fingerprint density at radius 2 is 1.75 bits per heavy atom. The number of hydrogen-bond acceptors (Lipinski definition) is 2. The van der Waals surface area contributed by atoms with Crippen molar-refractivity contribution in [2.75, 3.05) is 18.1 Å². The van der Waals surface area contributed by atoms with Gasteiger partial charge >= 0.3 is 0 Å². The summed E-state index contributed by atoms with van der Waals surface area (Å²) >= 11 is 0. The van der Waals surface area contributed by atoms with Crippen molar-refractivity contribution in [3.8, 4) is 0 Å². The van der Waals surface area contributed by atoms with Crippen molar-refractivity contribution in [2.45, 2.75) is 39.7 Å². The van der Waals surface area contributed by atoms with Crippen molar-refractivity contribution in [1.82, 2.24) is 0 Å². The van der Waals surface area contributed by atoms with Gasteiger partial charge in [0.2, 0.25) is 0 Å². The number of hydrogen-bond donors (Lipinski definition) is 1. The molecule has 0 atom stereocenters. The van der Waals surface area contributed by atoms with Crippen molar-refractivity contribution < 1.29 is 5.11 Å². The van der Waals surface area contributed by atoms with Crippen LogP contribution in [0, 0.1) is 6.92 Å². The molecule has 2 heteroatoms. The summed E-state index contributed by atoms with van der Waals surface area (Å²) < 4.78 is 0. The van der Waals surface area contributed by atoms with Crippen LogP contribution in [0.25, 0.3) is 0 Å². The highest BCUT2D eigenvalue weighted by molar-refractivity contribution is 5.48. The lowest BCUT2D eigenvalue weighted by Gasteiger charge is -2.29. The van der Waals surface area contributed by atoms with Gasteiger partial charge in [0.1, 0.15) is 0 Å². The molecule has 0 radical (unpaired) electrons. The fraction of sp³-hybridized carbons (Fsp3) is 0.571. The van der Waals surface area contributed by atoms with Crippen LogP contribution in [0.5, 0.6) is 0 Å². The largest absolute Gasteiger partial charge is 0.396 e. The van der Waals surface area contributed by atoms with Gasteiger partial charge in [-0.1, -0.05) is 17.7 Å². The second kappa shape index (κ2) is 6.54. The van der Waals surface area contributed by atoms with E-state index < -0.39 is 0 Å². The van der Waals surface area contributed by atoms with Gasteiger partial charge in [-0.25, -0.2) is 0 Å². The summed E-state index contributed by atoms with van der Waals surface area (Å²) in [5.41, 5.74) is 2.57. The predicted octanol–water partition coefficient (Wildman–Crippen LogP) is 2.98. The summed E-state index contributed by atoms with van der Waals surface area (Å²) in [6.07, 6.45) is 1.93. The Balaban J connectivity index is 2.65. The highest BCUT2D eigenvalue weighted by Gasteiger charge is 2.09. The Morgan fingerprint density at radius 3 is 2.25 bits per heavy atom. The SMILES string of the molecule is Cc1ccc(N(CCCCO)C(C)C)cc1. The van der Waals surface area contributed by atoms with Crippen LogP contribution in [-0.4, -0.2) is 24.3 Å². The van der Waals surface area contributed by atoms with E-state index in [0.717, 1.165) is 19.4 Å². The number of aryl methyl sites for hydroxylation is 1. The molecule has 0 aliphatic rings. The Morgan fingerprint density at radius 1 is 1.12 bits per heavy atom. The van der Waals surface area contributed by atoms with E-state index in [2.05, 4.69) is 49.9 Å². The van der Waals surface area contributed by atoms with E-state index in [1.807, 2.05) is 0 Å². The van der Waals surface area contributed by atoms with Crippen LogP contribution < -0.4 is 4.90 Å². The summed E-state index contributed by atoms with van der Waals surface area (Å²) in [6.45, 7) is 7.83. The average Bonchev–Trinajstić information content (AvgIpc) is 2.26. The number of nitrogens with zero attached hydrogens (tertiary/aromatic N) is 1. The second-order valence-corrected chi connectivity index (χ2v) is 4.55. The molecule has 0 saturated carbocycles. The third-order valence-corrected chi connectivity index (χ3v) is 2.80. The number of rotatable bonds is 6. The first-order valence-corrected chi connectivity index (χ1v) is 6.09. The minimum absolute atomic E-state index is 0.292. The summed E-state index contributed by atoms with van der Waals surface area (Å²) in [5, 5.41) is 8.81. The Bertz CT molecular complexity index is 292. The fourth-order valence-corrected chi connectivity index (χ4v) is 1.82. The van der Waals surface area contributed by atoms with Crippen molar-refractivity contribution in [3.63, 3.8) is 0 Å². The smallest absolute Gasteiger partial charge is 0.0431 e. The summed E-state index contributed by atoms with van der Waals surface area (Å²) in [4.78, 5) is 2.38. The van der Waals surface area contributed by atoms with E-state index in [4.69, 9.17) is 5.11 Å². The third-order valence-electron chi connectivity index (χ3n) is 2.80. The molecule has 0 aromatic heterocycles. The number of anilines is 1. The maximum atomic E-state index is 8.81. The molecule has 0 amide bonds. The van der Waals surface area contributed by atoms with Crippen LogP contribution in [0.2, 0.25) is 0 Å². The van der Waals surface area contributed by atoms with Gasteiger partial charge in [0.05, 0.1) is 0 Å². The Kier molecular flexibility index (Phi) is 5.33. The van der Waals surface area contributed by atoms with Gasteiger partial charge in [-0.2, -0.15) is 0 Å². The first-order valence-electron chi connectivity index (χ1n) is 6.09. The molecule has 0 saturated heterocycles. The molecule has 0 aliphatic heterocycles. The van der Waals surface area contributed by atoms with Crippen molar-refractivity contribution >= 4 is 5.69 Å². The number of unbranched alkanes of at least 4 members (excludes halogenated alkanes) is 1. The minimum atomic E-state index is 0.292. The van der Waals surface area contributed by atoms with Crippen LogP contribution in [0.1, 0.15) is 32.3 Å². The molecule has 1 rings (SSSR count). The number of aliphatic hydroxyl groups is 1. The van der Waals surface area contributed by atoms with E-state index in [1.165, 1.54) is 11.3 Å². The van der Waals surface area contributed by atoms with Crippen LogP contribution in [0.3, 0.4) is 0 Å². The van der Waals surface area contributed by atoms with Gasteiger partial charge in [-0.05, 0) is 45.7 Å². The van der Waals surface area contributed by atoms with Crippen molar-refractivity contribution in [3.05, 3.63) is 29.8 Å². The van der Waals surface area contributed by atoms with Crippen molar-refractivity contribution in [1.29, 1.82) is 0 Å². The highest BCUT2D eigenvalue weighted by atomic mass is 16.2. The minimum Gasteiger partial charge on any atom is -0.396 e. The van der Waals surface area contributed by atoms with Crippen molar-refractivity contribution in [2.24, 2.45) is 0 Å². The number of benzene rings is 1. The van der Waals surface area contributed by atoms with Gasteiger partial charge in [0.25, 0.3) is 0 Å². The first kappa shape index (κ1) is 13.0. The molecule has 2 nitrogen and oxygen atoms in total. The molecular weight excluding hydrogens is 198 g/mol. The van der Waals surface area contributed by atoms with Crippen LogP contribution in [0.4, 0.5) is 5.69 Å². The lowest BCUT2D eigenvalue weighted by atomic mass is 10.1. The van der Waals surface area contributed by atoms with Crippen LogP contribution >= 0.6 is 0 Å². The maximum Gasteiger partial charge on any atom is 0.0431 e. The molecule has 0 fully saturated rings. The van der Waals surface area contributed by atoms with Gasteiger partial charge in [0, 0.05) is 24.9 Å². The normalized spacial score (nSPS) is 10.8. The fourth-order valence-electron chi connectivity index (χ4n) is 1.82. The van der Waals surface area contributed by atoms with E-state index in [1.54, 1.807) is 0 Å². The first-order chi connectivity index (χ1) is 7.65. The molecule has 0 heterocycles. The van der Waals surface area contributed by atoms with Gasteiger partial charge in [0.15, 0.2) is 0 Å². The van der Waals surface area contributed by atoms with E-state index >= 15 is 0 Å². The standard InChI is InChI=1S/C14H23NO/c1-12(2)15(10-4-5-11-16)14-8-6-13(3)7-9-14/h6-9,12,16H,4-5,10-11H2,1-3H3. The molecule has 0 spiro atoms. The maximum absolute atomic E-state index is 8.81. The summed E-state index contributed by atoms with van der Waals surface area (Å²) in [6, 6.07) is 9.15. The Labute approximate surface area is 98.9 Å². The number of aliphatic hydroxyl groups excluding tert-OH is 1. The molecule has 1 aromatic carbocycles. The molecule has 1 N–H and O–H groups in total. The topological polar surface area (TPSA) is 23.5 Å². The zero-order chi connectivity index (χ0) is 12.0. The van der Waals surface area contributed by atoms with Crippen LogP contribution in [0.15, 0.2) is 24.3 Å². The highest BCUT2D eigenvalue weighted by Crippen LogP contribution is 2.18. The van der Waals surface area contributed by atoms with E-state index in [-0.39, 0.29) is 0 Å². The van der Waals surface area contributed by atoms with Gasteiger partial charge in [-0.3, -0.25) is 0 Å². The summed E-state index contributed by atoms with van der Waals surface area (Å²) in [7, 11) is 0. The summed E-state index contributed by atoms with van der Waals surface area (Å²) in [5.74, 6) is 0. The molecule has 90 valence electrons. The second-order valence-electron chi connectivity index (χ2n) is 4.55. The van der Waals surface area contributed by atoms with Gasteiger partial charge in [-0.15, -0.1) is 0 Å². The molecule has 16 heavy (non-hydrogen) atoms. The Hall–Kier alpha value is -1.02. The van der Waals surface area contributed by atoms with Crippen LogP contribution in [-0.2, 0) is 0 Å². The predicted molar refractivity (Wildman–Crippen MR) is 70.0 cm³/mol.